The monoisotopic (exact) mass is 404 g/mol. The lowest BCUT2D eigenvalue weighted by Crippen LogP contribution is -2.48. The fraction of sp³-hybridized carbons (Fsp3) is 0.333. The van der Waals surface area contributed by atoms with E-state index in [1.807, 2.05) is 23.2 Å². The summed E-state index contributed by atoms with van der Waals surface area (Å²) in [6.07, 6.45) is 1.84. The predicted octanol–water partition coefficient (Wildman–Crippen LogP) is 3.20. The molecule has 1 aromatic heterocycles. The number of anilines is 1. The van der Waals surface area contributed by atoms with Crippen LogP contribution in [0.25, 0.3) is 10.8 Å². The summed E-state index contributed by atoms with van der Waals surface area (Å²) in [5, 5.41) is 5.99. The van der Waals surface area contributed by atoms with Crippen LogP contribution < -0.4 is 15.0 Å². The number of carbonyl (C=O) groups excluding carboxylic acids is 1. The normalized spacial score (nSPS) is 14.2. The number of methoxy groups -OCH3 is 1. The zero-order valence-corrected chi connectivity index (χ0v) is 17.6. The largest absolute Gasteiger partial charge is 0.496 e. The first-order valence-electron chi connectivity index (χ1n) is 10.4. The Kier molecular flexibility index (Phi) is 6.14. The van der Waals surface area contributed by atoms with Crippen LogP contribution in [0, 0.1) is 0 Å². The van der Waals surface area contributed by atoms with Gasteiger partial charge in [-0.1, -0.05) is 36.4 Å². The Hall–Kier alpha value is -3.12. The van der Waals surface area contributed by atoms with Crippen LogP contribution in [-0.2, 0) is 17.9 Å². The minimum atomic E-state index is 0.140. The second kappa shape index (κ2) is 9.13. The molecular weight excluding hydrogens is 376 g/mol. The number of aromatic nitrogens is 1. The number of hydrogen-bond donors (Lipinski definition) is 1. The Labute approximate surface area is 177 Å². The summed E-state index contributed by atoms with van der Waals surface area (Å²) in [5.74, 6) is 2.03. The van der Waals surface area contributed by atoms with Gasteiger partial charge in [-0.2, -0.15) is 0 Å². The molecule has 0 atom stereocenters. The Balaban J connectivity index is 1.47. The van der Waals surface area contributed by atoms with Crippen molar-refractivity contribution >= 4 is 22.5 Å². The van der Waals surface area contributed by atoms with Gasteiger partial charge in [0.15, 0.2) is 0 Å². The highest BCUT2D eigenvalue weighted by molar-refractivity contribution is 5.87. The third-order valence-electron chi connectivity index (χ3n) is 5.73. The van der Waals surface area contributed by atoms with Gasteiger partial charge >= 0.3 is 0 Å². The Morgan fingerprint density at radius 2 is 1.83 bits per heavy atom. The van der Waals surface area contributed by atoms with Crippen molar-refractivity contribution in [2.75, 3.05) is 38.2 Å². The molecule has 3 aromatic rings. The van der Waals surface area contributed by atoms with Gasteiger partial charge < -0.3 is 19.9 Å². The third-order valence-corrected chi connectivity index (χ3v) is 5.73. The molecule has 1 aliphatic rings. The van der Waals surface area contributed by atoms with Crippen molar-refractivity contribution in [3.63, 3.8) is 0 Å². The first kappa shape index (κ1) is 20.2. The standard InChI is InChI=1S/C24H28N4O2/c1-18(29)27-12-14-28(15-13-27)24-20(7-5-11-26-24)16-25-17-22-21-8-4-3-6-19(21)9-10-23(22)30-2/h3-11,25H,12-17H2,1-2H3. The lowest BCUT2D eigenvalue weighted by Gasteiger charge is -2.35. The summed E-state index contributed by atoms with van der Waals surface area (Å²) in [7, 11) is 1.72. The molecule has 4 rings (SSSR count). The highest BCUT2D eigenvalue weighted by Gasteiger charge is 2.21. The van der Waals surface area contributed by atoms with Crippen LogP contribution in [0.4, 0.5) is 5.82 Å². The molecular formula is C24H28N4O2. The number of nitrogens with one attached hydrogen (secondary N) is 1. The van der Waals surface area contributed by atoms with E-state index < -0.39 is 0 Å². The minimum absolute atomic E-state index is 0.140. The molecule has 0 saturated carbocycles. The molecule has 1 saturated heterocycles. The molecule has 2 heterocycles. The zero-order chi connectivity index (χ0) is 20.9. The molecule has 1 amide bonds. The molecule has 0 spiro atoms. The minimum Gasteiger partial charge on any atom is -0.496 e. The van der Waals surface area contributed by atoms with E-state index in [4.69, 9.17) is 4.74 Å². The van der Waals surface area contributed by atoms with Crippen molar-refractivity contribution in [1.29, 1.82) is 0 Å². The van der Waals surface area contributed by atoms with Gasteiger partial charge in [0.2, 0.25) is 5.91 Å². The van der Waals surface area contributed by atoms with Crippen molar-refractivity contribution < 1.29 is 9.53 Å². The molecule has 0 bridgehead atoms. The number of pyridine rings is 1. The summed E-state index contributed by atoms with van der Waals surface area (Å²) in [4.78, 5) is 20.4. The highest BCUT2D eigenvalue weighted by atomic mass is 16.5. The molecule has 1 aliphatic heterocycles. The average Bonchev–Trinajstić information content (AvgIpc) is 2.79. The van der Waals surface area contributed by atoms with E-state index in [0.717, 1.165) is 48.9 Å². The number of rotatable bonds is 6. The van der Waals surface area contributed by atoms with Gasteiger partial charge in [0, 0.05) is 63.5 Å². The van der Waals surface area contributed by atoms with Crippen LogP contribution in [0.5, 0.6) is 5.75 Å². The SMILES string of the molecule is COc1ccc2ccccc2c1CNCc1cccnc1N1CCN(C(C)=O)CC1. The lowest BCUT2D eigenvalue weighted by atomic mass is 10.0. The number of nitrogens with zero attached hydrogens (tertiary/aromatic N) is 3. The van der Waals surface area contributed by atoms with Gasteiger partial charge in [-0.25, -0.2) is 4.98 Å². The molecule has 156 valence electrons. The topological polar surface area (TPSA) is 57.7 Å². The number of hydrogen-bond acceptors (Lipinski definition) is 5. The lowest BCUT2D eigenvalue weighted by molar-refractivity contribution is -0.129. The van der Waals surface area contributed by atoms with E-state index in [9.17, 15) is 4.79 Å². The van der Waals surface area contributed by atoms with Gasteiger partial charge in [-0.15, -0.1) is 0 Å². The average molecular weight is 405 g/mol. The molecule has 0 unspecified atom stereocenters. The van der Waals surface area contributed by atoms with Gasteiger partial charge in [0.25, 0.3) is 0 Å². The van der Waals surface area contributed by atoms with Crippen LogP contribution >= 0.6 is 0 Å². The van der Waals surface area contributed by atoms with E-state index in [2.05, 4.69) is 51.6 Å². The molecule has 30 heavy (non-hydrogen) atoms. The summed E-state index contributed by atoms with van der Waals surface area (Å²) >= 11 is 0. The van der Waals surface area contributed by atoms with Crippen LogP contribution in [-0.4, -0.2) is 49.1 Å². The van der Waals surface area contributed by atoms with E-state index in [0.29, 0.717) is 13.1 Å². The van der Waals surface area contributed by atoms with Crippen LogP contribution in [0.15, 0.2) is 54.7 Å². The van der Waals surface area contributed by atoms with Gasteiger partial charge in [0.05, 0.1) is 7.11 Å². The van der Waals surface area contributed by atoms with E-state index in [1.165, 1.54) is 10.8 Å². The fourth-order valence-corrected chi connectivity index (χ4v) is 4.10. The van der Waals surface area contributed by atoms with E-state index >= 15 is 0 Å². The number of carbonyl (C=O) groups is 1. The predicted molar refractivity (Wildman–Crippen MR) is 120 cm³/mol. The molecule has 1 N–H and O–H groups in total. The summed E-state index contributed by atoms with van der Waals surface area (Å²) < 4.78 is 5.61. The smallest absolute Gasteiger partial charge is 0.219 e. The maximum atomic E-state index is 11.6. The summed E-state index contributed by atoms with van der Waals surface area (Å²) in [6.45, 7) is 6.15. The summed E-state index contributed by atoms with van der Waals surface area (Å²) in [6, 6.07) is 16.6. The molecule has 0 aliphatic carbocycles. The van der Waals surface area contributed by atoms with Crippen LogP contribution in [0.1, 0.15) is 18.1 Å². The second-order valence-corrected chi connectivity index (χ2v) is 7.55. The van der Waals surface area contributed by atoms with Crippen molar-refractivity contribution in [1.82, 2.24) is 15.2 Å². The number of ether oxygens (including phenoxy) is 1. The van der Waals surface area contributed by atoms with E-state index in [1.54, 1.807) is 14.0 Å². The molecule has 0 radical (unpaired) electrons. The third kappa shape index (κ3) is 4.24. The number of fused-ring (bicyclic) bond motifs is 1. The fourth-order valence-electron chi connectivity index (χ4n) is 4.10. The molecule has 6 heteroatoms. The van der Waals surface area contributed by atoms with Crippen LogP contribution in [0.2, 0.25) is 0 Å². The van der Waals surface area contributed by atoms with Crippen molar-refractivity contribution in [3.05, 3.63) is 65.9 Å². The highest BCUT2D eigenvalue weighted by Crippen LogP contribution is 2.28. The van der Waals surface area contributed by atoms with Gasteiger partial charge in [0.1, 0.15) is 11.6 Å². The second-order valence-electron chi connectivity index (χ2n) is 7.55. The summed E-state index contributed by atoms with van der Waals surface area (Å²) in [5.41, 5.74) is 2.32. The molecule has 2 aromatic carbocycles. The van der Waals surface area contributed by atoms with Crippen molar-refractivity contribution in [2.24, 2.45) is 0 Å². The van der Waals surface area contributed by atoms with Crippen molar-refractivity contribution in [2.45, 2.75) is 20.0 Å². The van der Waals surface area contributed by atoms with Crippen LogP contribution in [0.3, 0.4) is 0 Å². The Bertz CT molecular complexity index is 1030. The first-order chi connectivity index (χ1) is 14.7. The quantitative estimate of drug-likeness (QED) is 0.684. The maximum Gasteiger partial charge on any atom is 0.219 e. The number of amides is 1. The Morgan fingerprint density at radius 1 is 1.03 bits per heavy atom. The maximum absolute atomic E-state index is 11.6. The number of benzene rings is 2. The zero-order valence-electron chi connectivity index (χ0n) is 17.6. The van der Waals surface area contributed by atoms with Crippen molar-refractivity contribution in [3.8, 4) is 5.75 Å². The molecule has 1 fully saturated rings. The van der Waals surface area contributed by atoms with E-state index in [-0.39, 0.29) is 5.91 Å². The Morgan fingerprint density at radius 3 is 2.60 bits per heavy atom. The van der Waals surface area contributed by atoms with Gasteiger partial charge in [-0.3, -0.25) is 4.79 Å². The van der Waals surface area contributed by atoms with Gasteiger partial charge in [-0.05, 0) is 22.9 Å². The molecule has 6 nitrogen and oxygen atoms in total. The first-order valence-corrected chi connectivity index (χ1v) is 10.4. The number of piperazine rings is 1.